The van der Waals surface area contributed by atoms with Gasteiger partial charge in [-0.25, -0.2) is 0 Å². The van der Waals surface area contributed by atoms with Gasteiger partial charge in [0.25, 0.3) is 10.0 Å². The van der Waals surface area contributed by atoms with Crippen LogP contribution in [0.5, 0.6) is 0 Å². The number of sulfonamides is 1. The zero-order chi connectivity index (χ0) is 15.3. The fourth-order valence-corrected chi connectivity index (χ4v) is 3.80. The summed E-state index contributed by atoms with van der Waals surface area (Å²) in [5.41, 5.74) is 1.89. The molecule has 0 atom stereocenters. The summed E-state index contributed by atoms with van der Waals surface area (Å²) in [4.78, 5) is 2.23. The van der Waals surface area contributed by atoms with Crippen LogP contribution in [0.25, 0.3) is 0 Å². The van der Waals surface area contributed by atoms with Gasteiger partial charge in [0.15, 0.2) is 0 Å². The average molecular weight is 322 g/mol. The standard InChI is InChI=1S/C15H18N2O2S2/c1-3-17(4-2)14-9-7-13(8-10-14)12-16-21(18,19)15-6-5-11-20-15/h5-12H,3-4H2,1-2H3. The molecule has 0 radical (unpaired) electrons. The van der Waals surface area contributed by atoms with Crippen LogP contribution >= 0.6 is 11.3 Å². The van der Waals surface area contributed by atoms with Gasteiger partial charge in [-0.15, -0.1) is 11.3 Å². The molecule has 1 aromatic heterocycles. The maximum absolute atomic E-state index is 11.9. The van der Waals surface area contributed by atoms with Crippen molar-refractivity contribution < 1.29 is 8.42 Å². The second-order valence-corrected chi connectivity index (χ2v) is 7.21. The van der Waals surface area contributed by atoms with E-state index in [1.807, 2.05) is 24.3 Å². The van der Waals surface area contributed by atoms with Crippen molar-refractivity contribution in [3.05, 3.63) is 47.3 Å². The highest BCUT2D eigenvalue weighted by Crippen LogP contribution is 2.19. The Morgan fingerprint density at radius 2 is 1.81 bits per heavy atom. The van der Waals surface area contributed by atoms with Crippen LogP contribution in [0, 0.1) is 0 Å². The van der Waals surface area contributed by atoms with Gasteiger partial charge >= 0.3 is 0 Å². The Morgan fingerprint density at radius 1 is 1.14 bits per heavy atom. The topological polar surface area (TPSA) is 49.7 Å². The first kappa shape index (κ1) is 15.7. The fraction of sp³-hybridized carbons (Fsp3) is 0.267. The van der Waals surface area contributed by atoms with Crippen LogP contribution in [0.3, 0.4) is 0 Å². The van der Waals surface area contributed by atoms with Crippen molar-refractivity contribution in [2.24, 2.45) is 4.40 Å². The molecule has 0 aliphatic carbocycles. The van der Waals surface area contributed by atoms with Gasteiger partial charge in [0.05, 0.1) is 0 Å². The van der Waals surface area contributed by atoms with Gasteiger partial charge in [0, 0.05) is 25.0 Å². The molecule has 112 valence electrons. The smallest absolute Gasteiger partial charge is 0.291 e. The SMILES string of the molecule is CCN(CC)c1ccc(C=NS(=O)(=O)c2cccs2)cc1. The summed E-state index contributed by atoms with van der Waals surface area (Å²) in [5, 5.41) is 1.72. The van der Waals surface area contributed by atoms with E-state index in [0.29, 0.717) is 0 Å². The number of nitrogens with zero attached hydrogens (tertiary/aromatic N) is 2. The number of benzene rings is 1. The second-order valence-electron chi connectivity index (χ2n) is 4.41. The summed E-state index contributed by atoms with van der Waals surface area (Å²) in [5.74, 6) is 0. The quantitative estimate of drug-likeness (QED) is 0.766. The van der Waals surface area contributed by atoms with Gasteiger partial charge < -0.3 is 4.90 Å². The monoisotopic (exact) mass is 322 g/mol. The Kier molecular flexibility index (Phi) is 5.14. The molecule has 0 aliphatic heterocycles. The third-order valence-corrected chi connectivity index (χ3v) is 5.72. The lowest BCUT2D eigenvalue weighted by Crippen LogP contribution is -2.21. The highest BCUT2D eigenvalue weighted by Gasteiger charge is 2.12. The normalized spacial score (nSPS) is 11.9. The van der Waals surface area contributed by atoms with E-state index < -0.39 is 10.0 Å². The van der Waals surface area contributed by atoms with Gasteiger partial charge in [-0.05, 0) is 43.0 Å². The Bertz CT molecular complexity index is 686. The molecule has 0 unspecified atom stereocenters. The molecule has 0 amide bonds. The molecule has 1 heterocycles. The lowest BCUT2D eigenvalue weighted by atomic mass is 10.2. The molecule has 0 bridgehead atoms. The molecule has 6 heteroatoms. The number of thiophene rings is 1. The minimum absolute atomic E-state index is 0.263. The van der Waals surface area contributed by atoms with E-state index in [0.717, 1.165) is 24.3 Å². The van der Waals surface area contributed by atoms with Gasteiger partial charge in [0.1, 0.15) is 4.21 Å². The molecule has 0 fully saturated rings. The van der Waals surface area contributed by atoms with Gasteiger partial charge in [-0.1, -0.05) is 18.2 Å². The highest BCUT2D eigenvalue weighted by molar-refractivity contribution is 7.92. The predicted molar refractivity (Wildman–Crippen MR) is 89.1 cm³/mol. The molecule has 2 rings (SSSR count). The van der Waals surface area contributed by atoms with Crippen LogP contribution in [0.15, 0.2) is 50.4 Å². The van der Waals surface area contributed by atoms with E-state index in [1.165, 1.54) is 17.6 Å². The predicted octanol–water partition coefficient (Wildman–Crippen LogP) is 3.40. The van der Waals surface area contributed by atoms with Crippen molar-refractivity contribution in [3.63, 3.8) is 0 Å². The molecular formula is C15H18N2O2S2. The lowest BCUT2D eigenvalue weighted by molar-refractivity contribution is 0.600. The number of rotatable bonds is 6. The Hall–Kier alpha value is -1.66. The maximum Gasteiger partial charge on any atom is 0.291 e. The van der Waals surface area contributed by atoms with Crippen LogP contribution in [-0.2, 0) is 10.0 Å². The van der Waals surface area contributed by atoms with Gasteiger partial charge in [-0.2, -0.15) is 12.8 Å². The van der Waals surface area contributed by atoms with E-state index in [1.54, 1.807) is 17.5 Å². The highest BCUT2D eigenvalue weighted by atomic mass is 32.2. The fourth-order valence-electron chi connectivity index (χ4n) is 1.95. The Balaban J connectivity index is 2.15. The first-order valence-electron chi connectivity index (χ1n) is 6.75. The molecule has 1 aromatic carbocycles. The zero-order valence-corrected chi connectivity index (χ0v) is 13.7. The molecule has 21 heavy (non-hydrogen) atoms. The minimum atomic E-state index is -3.57. The van der Waals surface area contributed by atoms with Crippen molar-refractivity contribution in [2.45, 2.75) is 18.1 Å². The van der Waals surface area contributed by atoms with Crippen molar-refractivity contribution >= 4 is 33.3 Å². The van der Waals surface area contributed by atoms with Crippen molar-refractivity contribution in [3.8, 4) is 0 Å². The van der Waals surface area contributed by atoms with E-state index in [2.05, 4.69) is 23.1 Å². The first-order valence-corrected chi connectivity index (χ1v) is 9.07. The van der Waals surface area contributed by atoms with Gasteiger partial charge in [0.2, 0.25) is 0 Å². The van der Waals surface area contributed by atoms with Gasteiger partial charge in [-0.3, -0.25) is 0 Å². The van der Waals surface area contributed by atoms with E-state index >= 15 is 0 Å². The molecule has 0 aliphatic rings. The molecule has 4 nitrogen and oxygen atoms in total. The van der Waals surface area contributed by atoms with Crippen LogP contribution in [-0.4, -0.2) is 27.7 Å². The number of hydrogen-bond donors (Lipinski definition) is 0. The number of hydrogen-bond acceptors (Lipinski definition) is 4. The summed E-state index contributed by atoms with van der Waals surface area (Å²) in [6.07, 6.45) is 1.39. The third kappa shape index (κ3) is 3.92. The average Bonchev–Trinajstić information content (AvgIpc) is 3.03. The maximum atomic E-state index is 11.9. The molecule has 0 spiro atoms. The molecule has 0 saturated carbocycles. The van der Waals surface area contributed by atoms with Crippen molar-refractivity contribution in [1.82, 2.24) is 0 Å². The molecule has 2 aromatic rings. The second kappa shape index (κ2) is 6.87. The lowest BCUT2D eigenvalue weighted by Gasteiger charge is -2.20. The van der Waals surface area contributed by atoms with E-state index in [4.69, 9.17) is 0 Å². The molecule has 0 N–H and O–H groups in total. The van der Waals surface area contributed by atoms with Crippen LogP contribution in [0.2, 0.25) is 0 Å². The summed E-state index contributed by atoms with van der Waals surface area (Å²) >= 11 is 1.17. The summed E-state index contributed by atoms with van der Waals surface area (Å²) in [6, 6.07) is 11.0. The Labute approximate surface area is 129 Å². The molecular weight excluding hydrogens is 304 g/mol. The first-order chi connectivity index (χ1) is 10.1. The van der Waals surface area contributed by atoms with Crippen LogP contribution in [0.4, 0.5) is 5.69 Å². The van der Waals surface area contributed by atoms with Crippen molar-refractivity contribution in [1.29, 1.82) is 0 Å². The summed E-state index contributed by atoms with van der Waals surface area (Å²) in [6.45, 7) is 6.09. The summed E-state index contributed by atoms with van der Waals surface area (Å²) < 4.78 is 27.9. The number of anilines is 1. The Morgan fingerprint density at radius 3 is 2.33 bits per heavy atom. The van der Waals surface area contributed by atoms with E-state index in [9.17, 15) is 8.42 Å². The van der Waals surface area contributed by atoms with E-state index in [-0.39, 0.29) is 4.21 Å². The van der Waals surface area contributed by atoms with Crippen LogP contribution < -0.4 is 4.90 Å². The molecule has 0 saturated heterocycles. The largest absolute Gasteiger partial charge is 0.372 e. The zero-order valence-electron chi connectivity index (χ0n) is 12.1. The van der Waals surface area contributed by atoms with Crippen LogP contribution in [0.1, 0.15) is 19.4 Å². The minimum Gasteiger partial charge on any atom is -0.372 e. The third-order valence-electron chi connectivity index (χ3n) is 3.11. The van der Waals surface area contributed by atoms with Crippen molar-refractivity contribution in [2.75, 3.05) is 18.0 Å². The summed E-state index contributed by atoms with van der Waals surface area (Å²) in [7, 11) is -3.57.